The molecule has 0 amide bonds. The molecule has 0 unspecified atom stereocenters. The van der Waals surface area contributed by atoms with E-state index in [2.05, 4.69) is 19.9 Å². The molecule has 3 rings (SSSR count). The number of nitriles is 1. The highest BCUT2D eigenvalue weighted by molar-refractivity contribution is 6.11. The minimum Gasteiger partial charge on any atom is -0.347 e. The highest BCUT2D eigenvalue weighted by atomic mass is 16.1. The standard InChI is InChI=1S/C22H20N2O/c1-22(2)18-11-7-8-12-19(18)24(3)21(22)14-20(25)17(15-23)13-16-9-5-4-6-10-16/h4-14H,1-3H3/b17-13-,21-14-. The zero-order valence-corrected chi connectivity index (χ0v) is 14.7. The number of hydrogen-bond donors (Lipinski definition) is 0. The zero-order valence-electron chi connectivity index (χ0n) is 14.7. The maximum absolute atomic E-state index is 12.7. The number of ketones is 1. The third-order valence-electron chi connectivity index (χ3n) is 4.70. The van der Waals surface area contributed by atoms with E-state index in [4.69, 9.17) is 0 Å². The van der Waals surface area contributed by atoms with Crippen LogP contribution in [-0.2, 0) is 10.2 Å². The fourth-order valence-electron chi connectivity index (χ4n) is 3.34. The van der Waals surface area contributed by atoms with E-state index in [1.165, 1.54) is 5.56 Å². The van der Waals surface area contributed by atoms with E-state index in [1.54, 1.807) is 12.2 Å². The van der Waals surface area contributed by atoms with Crippen LogP contribution in [0.5, 0.6) is 0 Å². The van der Waals surface area contributed by atoms with Gasteiger partial charge in [0.25, 0.3) is 0 Å². The van der Waals surface area contributed by atoms with Gasteiger partial charge in [0.1, 0.15) is 6.07 Å². The van der Waals surface area contributed by atoms with Crippen molar-refractivity contribution in [3.05, 3.63) is 83.1 Å². The third-order valence-corrected chi connectivity index (χ3v) is 4.70. The van der Waals surface area contributed by atoms with Crippen molar-refractivity contribution < 1.29 is 4.79 Å². The van der Waals surface area contributed by atoms with Crippen molar-refractivity contribution in [2.24, 2.45) is 0 Å². The summed E-state index contributed by atoms with van der Waals surface area (Å²) in [4.78, 5) is 14.8. The predicted octanol–water partition coefficient (Wildman–Crippen LogP) is 4.47. The number of likely N-dealkylation sites (N-methyl/N-ethyl adjacent to an activating group) is 1. The molecule has 3 heteroatoms. The summed E-state index contributed by atoms with van der Waals surface area (Å²) >= 11 is 0. The fraction of sp³-hybridized carbons (Fsp3) is 0.182. The van der Waals surface area contributed by atoms with Gasteiger partial charge >= 0.3 is 0 Å². The Bertz CT molecular complexity index is 915. The van der Waals surface area contributed by atoms with Crippen molar-refractivity contribution in [3.63, 3.8) is 0 Å². The van der Waals surface area contributed by atoms with Crippen LogP contribution < -0.4 is 4.90 Å². The van der Waals surface area contributed by atoms with Crippen LogP contribution in [0.3, 0.4) is 0 Å². The Labute approximate surface area is 148 Å². The normalized spacial score (nSPS) is 17.3. The van der Waals surface area contributed by atoms with Crippen LogP contribution in [0, 0.1) is 11.3 Å². The van der Waals surface area contributed by atoms with Crippen molar-refractivity contribution in [3.8, 4) is 6.07 Å². The summed E-state index contributed by atoms with van der Waals surface area (Å²) in [6.07, 6.45) is 3.23. The SMILES string of the molecule is CN1/C(=C\C(=O)/C(C#N)=C\c2ccccc2)C(C)(C)c2ccccc21. The highest BCUT2D eigenvalue weighted by Crippen LogP contribution is 2.46. The molecule has 0 saturated carbocycles. The summed E-state index contributed by atoms with van der Waals surface area (Å²) in [5.74, 6) is -0.269. The van der Waals surface area contributed by atoms with Gasteiger partial charge in [-0.05, 0) is 23.3 Å². The topological polar surface area (TPSA) is 44.1 Å². The summed E-state index contributed by atoms with van der Waals surface area (Å²) in [5, 5.41) is 9.42. The number of fused-ring (bicyclic) bond motifs is 1. The van der Waals surface area contributed by atoms with Crippen LogP contribution in [0.4, 0.5) is 5.69 Å². The first-order chi connectivity index (χ1) is 11.9. The smallest absolute Gasteiger partial charge is 0.198 e. The minimum absolute atomic E-state index is 0.138. The van der Waals surface area contributed by atoms with Gasteiger partial charge in [-0.1, -0.05) is 62.4 Å². The molecule has 3 nitrogen and oxygen atoms in total. The Balaban J connectivity index is 1.99. The van der Waals surface area contributed by atoms with Crippen LogP contribution in [0.2, 0.25) is 0 Å². The lowest BCUT2D eigenvalue weighted by Crippen LogP contribution is -2.24. The second kappa shape index (κ2) is 6.41. The van der Waals surface area contributed by atoms with Crippen LogP contribution in [0.1, 0.15) is 25.0 Å². The molecule has 2 aromatic rings. The number of allylic oxidation sites excluding steroid dienone is 3. The molecule has 0 N–H and O–H groups in total. The van der Waals surface area contributed by atoms with E-state index < -0.39 is 0 Å². The van der Waals surface area contributed by atoms with Crippen LogP contribution in [-0.4, -0.2) is 12.8 Å². The number of carbonyl (C=O) groups excluding carboxylic acids is 1. The van der Waals surface area contributed by atoms with Gasteiger partial charge in [-0.3, -0.25) is 4.79 Å². The number of nitrogens with zero attached hydrogens (tertiary/aromatic N) is 2. The van der Waals surface area contributed by atoms with E-state index in [1.807, 2.05) is 66.5 Å². The largest absolute Gasteiger partial charge is 0.347 e. The summed E-state index contributed by atoms with van der Waals surface area (Å²) in [6.45, 7) is 4.20. The second-order valence-corrected chi connectivity index (χ2v) is 6.68. The molecule has 1 aliphatic rings. The average molecular weight is 328 g/mol. The molecule has 0 radical (unpaired) electrons. The first kappa shape index (κ1) is 16.7. The number of benzene rings is 2. The molecule has 0 saturated heterocycles. The maximum atomic E-state index is 12.7. The molecule has 0 spiro atoms. The Morgan fingerprint density at radius 1 is 1.08 bits per heavy atom. The van der Waals surface area contributed by atoms with Crippen molar-refractivity contribution in [1.29, 1.82) is 5.26 Å². The van der Waals surface area contributed by atoms with Gasteiger partial charge in [0.2, 0.25) is 0 Å². The third kappa shape index (κ3) is 2.99. The van der Waals surface area contributed by atoms with Crippen molar-refractivity contribution in [1.82, 2.24) is 0 Å². The van der Waals surface area contributed by atoms with Gasteiger partial charge in [-0.15, -0.1) is 0 Å². The lowest BCUT2D eigenvalue weighted by Gasteiger charge is -2.23. The molecule has 0 bridgehead atoms. The Morgan fingerprint density at radius 2 is 1.72 bits per heavy atom. The molecule has 124 valence electrons. The molecule has 2 aromatic carbocycles. The monoisotopic (exact) mass is 328 g/mol. The number of hydrogen-bond acceptors (Lipinski definition) is 3. The molecule has 1 aliphatic heterocycles. The van der Waals surface area contributed by atoms with Gasteiger partial charge in [0.05, 0.1) is 5.57 Å². The molecular formula is C22H20N2O. The van der Waals surface area contributed by atoms with Gasteiger partial charge in [-0.2, -0.15) is 5.26 Å². The minimum atomic E-state index is -0.283. The number of anilines is 1. The molecular weight excluding hydrogens is 308 g/mol. The zero-order chi connectivity index (χ0) is 18.0. The Morgan fingerprint density at radius 3 is 2.36 bits per heavy atom. The average Bonchev–Trinajstić information content (AvgIpc) is 2.81. The summed E-state index contributed by atoms with van der Waals surface area (Å²) in [5.41, 5.74) is 3.87. The van der Waals surface area contributed by atoms with E-state index in [0.717, 1.165) is 16.9 Å². The summed E-state index contributed by atoms with van der Waals surface area (Å²) in [7, 11) is 1.96. The molecule has 0 aromatic heterocycles. The summed E-state index contributed by atoms with van der Waals surface area (Å²) in [6, 6.07) is 19.6. The van der Waals surface area contributed by atoms with E-state index >= 15 is 0 Å². The van der Waals surface area contributed by atoms with Gasteiger partial charge in [0, 0.05) is 29.9 Å². The number of carbonyl (C=O) groups is 1. The number of rotatable bonds is 3. The summed E-state index contributed by atoms with van der Waals surface area (Å²) < 4.78 is 0. The highest BCUT2D eigenvalue weighted by Gasteiger charge is 2.38. The van der Waals surface area contributed by atoms with Crippen molar-refractivity contribution >= 4 is 17.5 Å². The van der Waals surface area contributed by atoms with Gasteiger partial charge in [0.15, 0.2) is 5.78 Å². The second-order valence-electron chi connectivity index (χ2n) is 6.68. The fourth-order valence-corrected chi connectivity index (χ4v) is 3.34. The molecule has 0 aliphatic carbocycles. The van der Waals surface area contributed by atoms with E-state index in [0.29, 0.717) is 0 Å². The number of para-hydroxylation sites is 1. The molecule has 25 heavy (non-hydrogen) atoms. The van der Waals surface area contributed by atoms with Crippen molar-refractivity contribution in [2.45, 2.75) is 19.3 Å². The van der Waals surface area contributed by atoms with Gasteiger partial charge < -0.3 is 4.90 Å². The lowest BCUT2D eigenvalue weighted by molar-refractivity contribution is -0.111. The van der Waals surface area contributed by atoms with Crippen LogP contribution in [0.15, 0.2) is 71.9 Å². The molecule has 1 heterocycles. The van der Waals surface area contributed by atoms with Gasteiger partial charge in [-0.25, -0.2) is 0 Å². The Hall–Kier alpha value is -3.12. The van der Waals surface area contributed by atoms with Crippen LogP contribution >= 0.6 is 0 Å². The molecule has 0 atom stereocenters. The first-order valence-corrected chi connectivity index (χ1v) is 8.21. The lowest BCUT2D eigenvalue weighted by atomic mass is 9.83. The van der Waals surface area contributed by atoms with E-state index in [9.17, 15) is 10.1 Å². The first-order valence-electron chi connectivity index (χ1n) is 8.21. The van der Waals surface area contributed by atoms with Crippen molar-refractivity contribution in [2.75, 3.05) is 11.9 Å². The quantitative estimate of drug-likeness (QED) is 0.616. The van der Waals surface area contributed by atoms with E-state index in [-0.39, 0.29) is 16.8 Å². The predicted molar refractivity (Wildman–Crippen MR) is 101 cm³/mol. The van der Waals surface area contributed by atoms with Crippen LogP contribution in [0.25, 0.3) is 6.08 Å². The molecule has 0 fully saturated rings. The maximum Gasteiger partial charge on any atom is 0.198 e. The Kier molecular flexibility index (Phi) is 4.29.